The molecular formula is C22H25N3O2. The summed E-state index contributed by atoms with van der Waals surface area (Å²) >= 11 is 0. The number of likely N-dealkylation sites (tertiary alicyclic amines) is 1. The van der Waals surface area contributed by atoms with Crippen LogP contribution in [-0.2, 0) is 18.4 Å². The topological polar surface area (TPSA) is 55.8 Å². The molecular weight excluding hydrogens is 338 g/mol. The highest BCUT2D eigenvalue weighted by Crippen LogP contribution is 2.48. The van der Waals surface area contributed by atoms with Crippen LogP contribution in [0.3, 0.4) is 0 Å². The van der Waals surface area contributed by atoms with Gasteiger partial charge < -0.3 is 20.2 Å². The third-order valence-electron chi connectivity index (χ3n) is 6.90. The highest BCUT2D eigenvalue weighted by Gasteiger charge is 2.54. The molecule has 2 heterocycles. The largest absolute Gasteiger partial charge is 0.508 e. The van der Waals surface area contributed by atoms with E-state index < -0.39 is 0 Å². The second kappa shape index (κ2) is 5.73. The summed E-state index contributed by atoms with van der Waals surface area (Å²) in [6.07, 6.45) is 1.87. The summed E-state index contributed by atoms with van der Waals surface area (Å²) in [6.45, 7) is 3.89. The fourth-order valence-corrected chi connectivity index (χ4v) is 5.45. The molecule has 3 atom stereocenters. The molecule has 1 unspecified atom stereocenters. The van der Waals surface area contributed by atoms with Crippen LogP contribution in [-0.4, -0.2) is 46.6 Å². The van der Waals surface area contributed by atoms with Gasteiger partial charge in [-0.25, -0.2) is 4.79 Å². The van der Waals surface area contributed by atoms with Crippen molar-refractivity contribution in [1.29, 1.82) is 0 Å². The Morgan fingerprint density at radius 2 is 2.00 bits per heavy atom. The number of aromatic hydroxyl groups is 1. The van der Waals surface area contributed by atoms with E-state index >= 15 is 0 Å². The molecule has 1 saturated heterocycles. The van der Waals surface area contributed by atoms with Gasteiger partial charge in [-0.2, -0.15) is 0 Å². The van der Waals surface area contributed by atoms with E-state index in [1.807, 2.05) is 29.2 Å². The lowest BCUT2D eigenvalue weighted by molar-refractivity contribution is 0.00765. The molecule has 1 aliphatic carbocycles. The van der Waals surface area contributed by atoms with Crippen molar-refractivity contribution in [1.82, 2.24) is 9.80 Å². The first-order chi connectivity index (χ1) is 13.0. The molecule has 2 aromatic rings. The van der Waals surface area contributed by atoms with Gasteiger partial charge in [-0.1, -0.05) is 31.2 Å². The van der Waals surface area contributed by atoms with E-state index in [2.05, 4.69) is 36.3 Å². The van der Waals surface area contributed by atoms with Gasteiger partial charge in [0.05, 0.1) is 6.04 Å². The van der Waals surface area contributed by atoms with E-state index in [1.54, 1.807) is 6.07 Å². The van der Waals surface area contributed by atoms with Gasteiger partial charge >= 0.3 is 6.03 Å². The van der Waals surface area contributed by atoms with E-state index in [4.69, 9.17) is 0 Å². The number of phenols is 1. The van der Waals surface area contributed by atoms with Crippen LogP contribution >= 0.6 is 0 Å². The van der Waals surface area contributed by atoms with Gasteiger partial charge in [-0.3, -0.25) is 0 Å². The van der Waals surface area contributed by atoms with Gasteiger partial charge in [0, 0.05) is 23.7 Å². The number of piperidine rings is 1. The Kier molecular flexibility index (Phi) is 3.53. The second-order valence-electron chi connectivity index (χ2n) is 8.42. The summed E-state index contributed by atoms with van der Waals surface area (Å²) in [5, 5.41) is 13.2. The van der Waals surface area contributed by atoms with Gasteiger partial charge in [0.1, 0.15) is 5.75 Å². The predicted octanol–water partition coefficient (Wildman–Crippen LogP) is 3.33. The number of nitrogens with one attached hydrogen (secondary N) is 1. The third kappa shape index (κ3) is 2.38. The number of para-hydroxylation sites is 1. The number of rotatable bonds is 1. The van der Waals surface area contributed by atoms with Gasteiger partial charge in [-0.05, 0) is 61.3 Å². The number of phenolic OH excluding ortho intramolecular Hbond substituents is 1. The van der Waals surface area contributed by atoms with Gasteiger partial charge in [0.25, 0.3) is 0 Å². The van der Waals surface area contributed by atoms with Crippen LogP contribution in [0, 0.1) is 0 Å². The van der Waals surface area contributed by atoms with Crippen molar-refractivity contribution in [3.63, 3.8) is 0 Å². The van der Waals surface area contributed by atoms with E-state index in [-0.39, 0.29) is 23.5 Å². The molecule has 2 aromatic carbocycles. The molecule has 2 N–H and O–H groups in total. The molecule has 1 fully saturated rings. The van der Waals surface area contributed by atoms with Crippen molar-refractivity contribution in [3.05, 3.63) is 59.2 Å². The zero-order valence-electron chi connectivity index (χ0n) is 15.8. The van der Waals surface area contributed by atoms with Crippen molar-refractivity contribution >= 4 is 11.7 Å². The van der Waals surface area contributed by atoms with E-state index in [0.717, 1.165) is 30.6 Å². The Bertz CT molecular complexity index is 928. The summed E-state index contributed by atoms with van der Waals surface area (Å²) in [6, 6.07) is 14.1. The number of hydrogen-bond donors (Lipinski definition) is 2. The molecule has 5 nitrogen and oxygen atoms in total. The number of carbonyl (C=O) groups excluding carboxylic acids is 1. The van der Waals surface area contributed by atoms with Crippen molar-refractivity contribution in [2.75, 3.05) is 18.9 Å². The minimum absolute atomic E-state index is 0.0196. The number of urea groups is 1. The molecule has 2 bridgehead atoms. The number of fused-ring (bicyclic) bond motifs is 5. The highest BCUT2D eigenvalue weighted by molar-refractivity contribution is 5.92. The monoisotopic (exact) mass is 363 g/mol. The molecule has 27 heavy (non-hydrogen) atoms. The van der Waals surface area contributed by atoms with E-state index in [0.29, 0.717) is 12.3 Å². The summed E-state index contributed by atoms with van der Waals surface area (Å²) in [7, 11) is 2.17. The normalized spacial score (nSPS) is 29.7. The maximum absolute atomic E-state index is 13.1. The molecule has 5 rings (SSSR count). The fraction of sp³-hybridized carbons (Fsp3) is 0.409. The van der Waals surface area contributed by atoms with Gasteiger partial charge in [-0.15, -0.1) is 0 Å². The van der Waals surface area contributed by atoms with Crippen LogP contribution in [0.4, 0.5) is 10.5 Å². The van der Waals surface area contributed by atoms with E-state index in [1.165, 1.54) is 11.1 Å². The number of amides is 2. The first-order valence-electron chi connectivity index (χ1n) is 9.65. The molecule has 3 aliphatic rings. The van der Waals surface area contributed by atoms with Crippen LogP contribution in [0.15, 0.2) is 42.5 Å². The number of hydrogen-bond acceptors (Lipinski definition) is 3. The maximum Gasteiger partial charge on any atom is 0.322 e. The van der Waals surface area contributed by atoms with Gasteiger partial charge in [0.15, 0.2) is 0 Å². The first kappa shape index (κ1) is 16.6. The average Bonchev–Trinajstić information content (AvgIpc) is 2.65. The van der Waals surface area contributed by atoms with Crippen LogP contribution in [0.2, 0.25) is 0 Å². The summed E-state index contributed by atoms with van der Waals surface area (Å²) in [4.78, 5) is 17.5. The van der Waals surface area contributed by atoms with Crippen LogP contribution < -0.4 is 5.32 Å². The van der Waals surface area contributed by atoms with Crippen LogP contribution in [0.25, 0.3) is 0 Å². The number of likely N-dealkylation sites (N-methyl/N-ethyl adjacent to an activating group) is 1. The maximum atomic E-state index is 13.1. The Morgan fingerprint density at radius 1 is 1.19 bits per heavy atom. The Morgan fingerprint density at radius 3 is 2.85 bits per heavy atom. The zero-order valence-corrected chi connectivity index (χ0v) is 15.8. The van der Waals surface area contributed by atoms with Gasteiger partial charge in [0.2, 0.25) is 0 Å². The third-order valence-corrected chi connectivity index (χ3v) is 6.90. The Balaban J connectivity index is 1.62. The number of carbonyl (C=O) groups is 1. The molecule has 0 aromatic heterocycles. The van der Waals surface area contributed by atoms with Crippen LogP contribution in [0.5, 0.6) is 5.75 Å². The molecule has 2 amide bonds. The lowest BCUT2D eigenvalue weighted by Gasteiger charge is -2.58. The molecule has 0 spiro atoms. The molecule has 2 aliphatic heterocycles. The first-order valence-corrected chi connectivity index (χ1v) is 9.65. The second-order valence-corrected chi connectivity index (χ2v) is 8.42. The average molecular weight is 363 g/mol. The smallest absolute Gasteiger partial charge is 0.322 e. The Labute approximate surface area is 159 Å². The molecule has 140 valence electrons. The highest BCUT2D eigenvalue weighted by atomic mass is 16.3. The Hall–Kier alpha value is -2.53. The standard InChI is InChI=1S/C22H25N3O2/c1-22-9-10-24(2)19(11-14-7-8-16(26)12-17(14)22)20(22)25-13-15-5-3-4-6-18(15)23-21(25)27/h3-8,12,19-20,26H,9-11,13H2,1-2H3,(H,23,27)/t19?,20-,22+/m0/s1. The van der Waals surface area contributed by atoms with Crippen molar-refractivity contribution in [3.8, 4) is 5.75 Å². The minimum atomic E-state index is -0.173. The SMILES string of the molecule is CN1CC[C@]2(C)c3cc(O)ccc3CC1[C@@H]2N1Cc2ccccc2NC1=O. The number of benzene rings is 2. The minimum Gasteiger partial charge on any atom is -0.508 e. The number of nitrogens with zero attached hydrogens (tertiary/aromatic N) is 2. The van der Waals surface area contributed by atoms with Crippen molar-refractivity contribution in [2.45, 2.75) is 43.8 Å². The summed E-state index contributed by atoms with van der Waals surface area (Å²) < 4.78 is 0. The molecule has 0 saturated carbocycles. The predicted molar refractivity (Wildman–Crippen MR) is 105 cm³/mol. The van der Waals surface area contributed by atoms with Crippen LogP contribution in [0.1, 0.15) is 30.0 Å². The zero-order chi connectivity index (χ0) is 18.8. The van der Waals surface area contributed by atoms with Crippen molar-refractivity contribution in [2.24, 2.45) is 0 Å². The van der Waals surface area contributed by atoms with Crippen molar-refractivity contribution < 1.29 is 9.90 Å². The quantitative estimate of drug-likeness (QED) is 0.817. The summed E-state index contributed by atoms with van der Waals surface area (Å²) in [5.74, 6) is 0.305. The fourth-order valence-electron chi connectivity index (χ4n) is 5.45. The molecule has 5 heteroatoms. The van der Waals surface area contributed by atoms with E-state index in [9.17, 15) is 9.90 Å². The molecule has 0 radical (unpaired) electrons. The lowest BCUT2D eigenvalue weighted by Crippen LogP contribution is -2.68. The lowest BCUT2D eigenvalue weighted by atomic mass is 9.61. The summed E-state index contributed by atoms with van der Waals surface area (Å²) in [5.41, 5.74) is 4.39. The number of anilines is 1.